The van der Waals surface area contributed by atoms with E-state index in [9.17, 15) is 4.79 Å². The summed E-state index contributed by atoms with van der Waals surface area (Å²) in [5.41, 5.74) is 14.5. The molecule has 0 aliphatic rings. The number of nitrogen functional groups attached to an aromatic ring is 1. The number of rotatable bonds is 9. The molecule has 1 aromatic heterocycles. The number of nitrogens with two attached hydrogens (primary N) is 2. The fourth-order valence-electron chi connectivity index (χ4n) is 2.80. The van der Waals surface area contributed by atoms with Gasteiger partial charge < -0.3 is 35.4 Å². The third kappa shape index (κ3) is 7.47. The van der Waals surface area contributed by atoms with Crippen molar-refractivity contribution in [2.24, 2.45) is 5.73 Å². The quantitative estimate of drug-likeness (QED) is 0.143. The number of nitrogens with zero attached hydrogens (tertiary/aromatic N) is 3. The highest BCUT2D eigenvalue weighted by atomic mass is 16.8. The molecule has 0 saturated carbocycles. The van der Waals surface area contributed by atoms with E-state index in [-0.39, 0.29) is 11.8 Å². The normalized spacial score (nSPS) is 10.5. The van der Waals surface area contributed by atoms with Gasteiger partial charge in [-0.3, -0.25) is 5.41 Å². The van der Waals surface area contributed by atoms with Crippen molar-refractivity contribution < 1.29 is 23.8 Å². The zero-order chi connectivity index (χ0) is 23.7. The van der Waals surface area contributed by atoms with Crippen LogP contribution in [0.1, 0.15) is 23.2 Å². The molecule has 2 aromatic rings. The van der Waals surface area contributed by atoms with Crippen LogP contribution in [0.5, 0.6) is 17.4 Å². The minimum atomic E-state index is -1.16. The lowest BCUT2D eigenvalue weighted by molar-refractivity contribution is 0.0731. The maximum absolute atomic E-state index is 11.9. The number of nitrogens with one attached hydrogen (secondary N) is 2. The number of aryl methyl sites for hydroxylation is 1. The molecule has 0 bridgehead atoms. The van der Waals surface area contributed by atoms with Crippen molar-refractivity contribution in [3.63, 3.8) is 0 Å². The number of aromatic nitrogens is 2. The van der Waals surface area contributed by atoms with Crippen molar-refractivity contribution in [3.8, 4) is 17.4 Å². The third-order valence-corrected chi connectivity index (χ3v) is 4.26. The van der Waals surface area contributed by atoms with Crippen molar-refractivity contribution in [1.29, 1.82) is 5.41 Å². The zero-order valence-electron chi connectivity index (χ0n) is 18.6. The molecule has 6 N–H and O–H groups in total. The van der Waals surface area contributed by atoms with Crippen LogP contribution in [0.3, 0.4) is 0 Å². The molecule has 0 unspecified atom stereocenters. The van der Waals surface area contributed by atoms with Gasteiger partial charge in [0, 0.05) is 24.6 Å². The summed E-state index contributed by atoms with van der Waals surface area (Å²) in [7, 11) is 5.58. The van der Waals surface area contributed by atoms with E-state index in [1.54, 1.807) is 20.1 Å². The van der Waals surface area contributed by atoms with E-state index >= 15 is 0 Å². The molecule has 12 heteroatoms. The molecule has 32 heavy (non-hydrogen) atoms. The number of carbonyl (C=O) groups excluding carboxylic acids is 1. The largest absolute Gasteiger partial charge is 0.540 e. The van der Waals surface area contributed by atoms with Crippen LogP contribution in [0, 0.1) is 12.3 Å². The van der Waals surface area contributed by atoms with Gasteiger partial charge in [0.25, 0.3) is 0 Å². The lowest BCUT2D eigenvalue weighted by Gasteiger charge is -2.15. The second-order valence-corrected chi connectivity index (χ2v) is 7.08. The van der Waals surface area contributed by atoms with Crippen molar-refractivity contribution in [3.05, 3.63) is 35.0 Å². The summed E-state index contributed by atoms with van der Waals surface area (Å²) in [6.45, 7) is 3.23. The van der Waals surface area contributed by atoms with E-state index in [1.807, 2.05) is 31.7 Å². The molecule has 174 valence electrons. The Labute approximate surface area is 186 Å². The number of guanidine groups is 1. The lowest BCUT2D eigenvalue weighted by Crippen LogP contribution is -2.33. The number of hydroxylamine groups is 1. The molecule has 0 radical (unpaired) electrons. The Morgan fingerprint density at radius 2 is 2.03 bits per heavy atom. The molecule has 1 aromatic carbocycles. The second-order valence-electron chi connectivity index (χ2n) is 7.08. The first-order valence-corrected chi connectivity index (χ1v) is 9.75. The van der Waals surface area contributed by atoms with Gasteiger partial charge in [0.05, 0.1) is 19.4 Å². The molecule has 0 aliphatic carbocycles. The Bertz CT molecular complexity index is 952. The maximum Gasteiger partial charge on any atom is 0.540 e. The van der Waals surface area contributed by atoms with Crippen molar-refractivity contribution in [2.45, 2.75) is 19.8 Å². The van der Waals surface area contributed by atoms with Gasteiger partial charge in [-0.2, -0.15) is 10.5 Å². The molecule has 2 rings (SSSR count). The van der Waals surface area contributed by atoms with Gasteiger partial charge in [-0.25, -0.2) is 9.78 Å². The summed E-state index contributed by atoms with van der Waals surface area (Å²) in [5, 5.41) is 7.02. The smallest absolute Gasteiger partial charge is 0.496 e. The van der Waals surface area contributed by atoms with Crippen LogP contribution in [-0.2, 0) is 11.3 Å². The van der Waals surface area contributed by atoms with E-state index in [4.69, 9.17) is 31.1 Å². The molecule has 1 heterocycles. The number of hydrogen-bond donors (Lipinski definition) is 4. The summed E-state index contributed by atoms with van der Waals surface area (Å²) in [4.78, 5) is 26.6. The molecule has 0 fully saturated rings. The molecule has 0 aliphatic heterocycles. The number of methoxy groups -OCH3 is 1. The van der Waals surface area contributed by atoms with Gasteiger partial charge in [0.1, 0.15) is 11.5 Å². The zero-order valence-corrected chi connectivity index (χ0v) is 18.6. The molecule has 0 saturated heterocycles. The number of anilines is 1. The van der Waals surface area contributed by atoms with E-state index in [1.165, 1.54) is 0 Å². The Morgan fingerprint density at radius 3 is 2.69 bits per heavy atom. The van der Waals surface area contributed by atoms with Crippen LogP contribution in [0.4, 0.5) is 10.7 Å². The van der Waals surface area contributed by atoms with Crippen molar-refractivity contribution in [1.82, 2.24) is 20.3 Å². The van der Waals surface area contributed by atoms with Crippen LogP contribution < -0.4 is 31.2 Å². The number of benzene rings is 1. The fraction of sp³-hybridized carbons (Fsp3) is 0.400. The van der Waals surface area contributed by atoms with Gasteiger partial charge in [-0.15, -0.1) is 0 Å². The highest BCUT2D eigenvalue weighted by molar-refractivity contribution is 5.75. The average molecular weight is 447 g/mol. The van der Waals surface area contributed by atoms with Gasteiger partial charge in [-0.05, 0) is 39.1 Å². The number of ether oxygens (including phenoxy) is 3. The maximum atomic E-state index is 11.9. The first kappa shape index (κ1) is 24.5. The van der Waals surface area contributed by atoms with Gasteiger partial charge in [0.15, 0.2) is 0 Å². The molecular formula is C20H29N7O5. The summed E-state index contributed by atoms with van der Waals surface area (Å²) in [5.74, 6) is 0.579. The van der Waals surface area contributed by atoms with E-state index in [0.29, 0.717) is 35.8 Å². The standard InChI is InChI=1S/C20H29N7O5/c1-12-15(17(25-19(23)24-12)31-20(28)32-26-18(21)22)10-13-6-7-14(11-16(13)29-4)30-9-5-8-27(2)3/h6-7,11H,5,8-10H2,1-4H3,(H4,21,22,26)(H2,23,24,25). The highest BCUT2D eigenvalue weighted by Crippen LogP contribution is 2.30. The van der Waals surface area contributed by atoms with E-state index in [2.05, 4.69) is 19.7 Å². The lowest BCUT2D eigenvalue weighted by atomic mass is 10.0. The molecule has 0 atom stereocenters. The van der Waals surface area contributed by atoms with Gasteiger partial charge in [-0.1, -0.05) is 6.07 Å². The van der Waals surface area contributed by atoms with Crippen LogP contribution in [0.25, 0.3) is 0 Å². The van der Waals surface area contributed by atoms with E-state index in [0.717, 1.165) is 18.5 Å². The van der Waals surface area contributed by atoms with Crippen LogP contribution in [-0.4, -0.2) is 61.3 Å². The molecule has 12 nitrogen and oxygen atoms in total. The summed E-state index contributed by atoms with van der Waals surface area (Å²) < 4.78 is 16.5. The predicted octanol–water partition coefficient (Wildman–Crippen LogP) is 1.21. The van der Waals surface area contributed by atoms with Crippen LogP contribution in [0.2, 0.25) is 0 Å². The van der Waals surface area contributed by atoms with Crippen molar-refractivity contribution >= 4 is 18.1 Å². The minimum Gasteiger partial charge on any atom is -0.496 e. The highest BCUT2D eigenvalue weighted by Gasteiger charge is 2.19. The Kier molecular flexibility index (Phi) is 8.83. The first-order chi connectivity index (χ1) is 15.2. The third-order valence-electron chi connectivity index (χ3n) is 4.26. The van der Waals surface area contributed by atoms with Crippen LogP contribution >= 0.6 is 0 Å². The molecule has 0 spiro atoms. The molecular weight excluding hydrogens is 418 g/mol. The topological polar surface area (TPSA) is 171 Å². The Hall–Kier alpha value is -3.80. The summed E-state index contributed by atoms with van der Waals surface area (Å²) >= 11 is 0. The Balaban J connectivity index is 2.20. The molecule has 0 amide bonds. The average Bonchev–Trinajstić information content (AvgIpc) is 2.72. The monoisotopic (exact) mass is 447 g/mol. The number of hydrogen-bond acceptors (Lipinski definition) is 10. The van der Waals surface area contributed by atoms with Gasteiger partial charge in [0.2, 0.25) is 17.8 Å². The summed E-state index contributed by atoms with van der Waals surface area (Å²) in [6.07, 6.45) is 0.0279. The van der Waals surface area contributed by atoms with Gasteiger partial charge >= 0.3 is 6.16 Å². The van der Waals surface area contributed by atoms with Crippen LogP contribution in [0.15, 0.2) is 18.2 Å². The fourth-order valence-corrected chi connectivity index (χ4v) is 2.80. The number of carbonyl (C=O) groups is 1. The predicted molar refractivity (Wildman–Crippen MR) is 118 cm³/mol. The Morgan fingerprint density at radius 1 is 1.28 bits per heavy atom. The van der Waals surface area contributed by atoms with E-state index < -0.39 is 12.1 Å². The van der Waals surface area contributed by atoms with Crippen molar-refractivity contribution in [2.75, 3.05) is 40.1 Å². The first-order valence-electron chi connectivity index (χ1n) is 9.75. The second kappa shape index (κ2) is 11.6. The minimum absolute atomic E-state index is 0.0676. The summed E-state index contributed by atoms with van der Waals surface area (Å²) in [6, 6.07) is 5.49. The SMILES string of the molecule is COc1cc(OCCCN(C)C)ccc1Cc1c(C)nc(N)nc1OC(=O)ONC(=N)N.